The molecular formula is C39H48FN8O3+. The van der Waals surface area contributed by atoms with Crippen LogP contribution in [0.5, 0.6) is 0 Å². The Hall–Kier alpha value is -4.65. The highest BCUT2D eigenvalue weighted by Gasteiger charge is 2.23. The van der Waals surface area contributed by atoms with Crippen LogP contribution < -0.4 is 20.0 Å². The summed E-state index contributed by atoms with van der Waals surface area (Å²) in [5.41, 5.74) is 5.06. The molecule has 268 valence electrons. The Balaban J connectivity index is 0.994. The van der Waals surface area contributed by atoms with Gasteiger partial charge in [0.15, 0.2) is 0 Å². The molecule has 0 aliphatic carbocycles. The van der Waals surface area contributed by atoms with Gasteiger partial charge in [-0.3, -0.25) is 14.5 Å². The summed E-state index contributed by atoms with van der Waals surface area (Å²) in [5.74, 6) is -0.225. The second-order valence-corrected chi connectivity index (χ2v) is 13.4. The Kier molecular flexibility index (Phi) is 10.7. The summed E-state index contributed by atoms with van der Waals surface area (Å²) >= 11 is 0. The molecular weight excluding hydrogens is 647 g/mol. The number of hydrogen-bond acceptors (Lipinski definition) is 9. The highest BCUT2D eigenvalue weighted by Crippen LogP contribution is 2.27. The molecule has 0 bridgehead atoms. The molecule has 3 aromatic heterocycles. The van der Waals surface area contributed by atoms with Gasteiger partial charge in [0.2, 0.25) is 11.2 Å². The van der Waals surface area contributed by atoms with Crippen LogP contribution in [0.2, 0.25) is 0 Å². The van der Waals surface area contributed by atoms with E-state index in [1.54, 1.807) is 12.1 Å². The zero-order valence-corrected chi connectivity index (χ0v) is 29.9. The van der Waals surface area contributed by atoms with E-state index >= 15 is 4.39 Å². The number of anilines is 2. The fourth-order valence-electron chi connectivity index (χ4n) is 7.20. The van der Waals surface area contributed by atoms with Crippen molar-refractivity contribution >= 4 is 45.4 Å². The molecule has 0 N–H and O–H groups in total. The minimum absolute atomic E-state index is 0.225. The number of aromatic nitrogens is 4. The Labute approximate surface area is 298 Å². The molecule has 0 radical (unpaired) electrons. The normalized spacial score (nSPS) is 16.2. The summed E-state index contributed by atoms with van der Waals surface area (Å²) in [5, 5.41) is 10.5. The predicted molar refractivity (Wildman–Crippen MR) is 199 cm³/mol. The van der Waals surface area contributed by atoms with Crippen LogP contribution in [-0.2, 0) is 24.9 Å². The van der Waals surface area contributed by atoms with Gasteiger partial charge in [-0.1, -0.05) is 5.21 Å². The second kappa shape index (κ2) is 15.7. The van der Waals surface area contributed by atoms with E-state index in [2.05, 4.69) is 56.0 Å². The third-order valence-corrected chi connectivity index (χ3v) is 10.2. The molecule has 5 heterocycles. The lowest BCUT2D eigenvalue weighted by Gasteiger charge is -2.35. The third kappa shape index (κ3) is 7.98. The van der Waals surface area contributed by atoms with Gasteiger partial charge in [0, 0.05) is 119 Å². The third-order valence-electron chi connectivity index (χ3n) is 10.2. The van der Waals surface area contributed by atoms with Crippen LogP contribution in [0.3, 0.4) is 0 Å². The number of hydrogen-bond donors (Lipinski definition) is 0. The number of piperazine rings is 1. The second-order valence-electron chi connectivity index (χ2n) is 13.4. The molecule has 12 heteroatoms. The molecule has 7 rings (SSSR count). The molecule has 2 aliphatic heterocycles. The van der Waals surface area contributed by atoms with Gasteiger partial charge >= 0.3 is 5.63 Å². The van der Waals surface area contributed by atoms with Crippen molar-refractivity contribution < 1.29 is 18.1 Å². The van der Waals surface area contributed by atoms with Crippen molar-refractivity contribution in [3.8, 4) is 0 Å². The highest BCUT2D eigenvalue weighted by atomic mass is 19.1. The number of benzene rings is 2. The molecule has 0 saturated carbocycles. The summed E-state index contributed by atoms with van der Waals surface area (Å²) in [7, 11) is 1.97. The number of pyridine rings is 1. The minimum atomic E-state index is -0.383. The van der Waals surface area contributed by atoms with Gasteiger partial charge in [0.25, 0.3) is 0 Å². The fourth-order valence-corrected chi connectivity index (χ4v) is 7.20. The van der Waals surface area contributed by atoms with E-state index in [1.165, 1.54) is 0 Å². The molecule has 2 aromatic carbocycles. The SMILES string of the molecule is CCN(CC)c1ccc2cc(/C=C/c3ccc4cc(F)c(N5CCN(Cc6cn(CCCN7CCOCC7)nn6)CC5)cc4[n+]3C)c(=O)oc2c1. The van der Waals surface area contributed by atoms with E-state index in [0.29, 0.717) is 29.9 Å². The molecule has 2 aliphatic rings. The lowest BCUT2D eigenvalue weighted by atomic mass is 10.1. The molecule has 11 nitrogen and oxygen atoms in total. The van der Waals surface area contributed by atoms with Gasteiger partial charge < -0.3 is 19.0 Å². The lowest BCUT2D eigenvalue weighted by Crippen LogP contribution is -2.46. The number of ether oxygens (including phenoxy) is 1. The summed E-state index contributed by atoms with van der Waals surface area (Å²) in [6, 6.07) is 15.3. The van der Waals surface area contributed by atoms with E-state index in [9.17, 15) is 4.79 Å². The summed E-state index contributed by atoms with van der Waals surface area (Å²) in [6.45, 7) is 15.3. The smallest absolute Gasteiger partial charge is 0.343 e. The Morgan fingerprint density at radius 3 is 2.47 bits per heavy atom. The maximum Gasteiger partial charge on any atom is 0.343 e. The maximum absolute atomic E-state index is 15.5. The molecule has 0 spiro atoms. The first-order valence-electron chi connectivity index (χ1n) is 18.2. The largest absolute Gasteiger partial charge is 0.422 e. The summed E-state index contributed by atoms with van der Waals surface area (Å²) in [4.78, 5) is 22.1. The van der Waals surface area contributed by atoms with E-state index in [-0.39, 0.29) is 11.4 Å². The number of nitrogens with zero attached hydrogens (tertiary/aromatic N) is 8. The van der Waals surface area contributed by atoms with Gasteiger partial charge in [-0.25, -0.2) is 9.18 Å². The van der Waals surface area contributed by atoms with Crippen LogP contribution in [0.4, 0.5) is 15.8 Å². The average Bonchev–Trinajstić information content (AvgIpc) is 3.59. The molecule has 2 saturated heterocycles. The van der Waals surface area contributed by atoms with Gasteiger partial charge in [0.1, 0.15) is 18.4 Å². The Morgan fingerprint density at radius 1 is 0.902 bits per heavy atom. The topological polar surface area (TPSA) is 87.0 Å². The van der Waals surface area contributed by atoms with Crippen LogP contribution in [0, 0.1) is 5.82 Å². The minimum Gasteiger partial charge on any atom is -0.422 e. The fraction of sp³-hybridized carbons (Fsp3) is 0.436. The summed E-state index contributed by atoms with van der Waals surface area (Å²) in [6.07, 6.45) is 6.78. The van der Waals surface area contributed by atoms with E-state index in [0.717, 1.165) is 112 Å². The number of morpholine rings is 1. The van der Waals surface area contributed by atoms with E-state index < -0.39 is 0 Å². The van der Waals surface area contributed by atoms with Crippen molar-refractivity contribution in [2.45, 2.75) is 33.4 Å². The number of rotatable bonds is 12. The number of halogens is 1. The van der Waals surface area contributed by atoms with E-state index in [4.69, 9.17) is 9.15 Å². The van der Waals surface area contributed by atoms with Crippen LogP contribution in [0.15, 0.2) is 63.9 Å². The molecule has 2 fully saturated rings. The maximum atomic E-state index is 15.5. The molecule has 0 unspecified atom stereocenters. The van der Waals surface area contributed by atoms with Gasteiger partial charge in [-0.2, -0.15) is 4.57 Å². The van der Waals surface area contributed by atoms with Crippen molar-refractivity contribution in [2.75, 3.05) is 81.9 Å². The quantitative estimate of drug-likeness (QED) is 0.138. The first-order valence-corrected chi connectivity index (χ1v) is 18.2. The summed E-state index contributed by atoms with van der Waals surface area (Å²) < 4.78 is 30.6. The van der Waals surface area contributed by atoms with Gasteiger partial charge in [-0.05, 0) is 56.7 Å². The lowest BCUT2D eigenvalue weighted by molar-refractivity contribution is -0.646. The van der Waals surface area contributed by atoms with Crippen LogP contribution in [-0.4, -0.2) is 96.9 Å². The molecule has 0 atom stereocenters. The zero-order valence-electron chi connectivity index (χ0n) is 29.9. The monoisotopic (exact) mass is 695 g/mol. The number of aryl methyl sites for hydroxylation is 2. The zero-order chi connectivity index (χ0) is 35.3. The first kappa shape index (κ1) is 34.8. The molecule has 0 amide bonds. The van der Waals surface area contributed by atoms with E-state index in [1.807, 2.05) is 58.8 Å². The molecule has 5 aromatic rings. The molecule has 51 heavy (non-hydrogen) atoms. The highest BCUT2D eigenvalue weighted by molar-refractivity contribution is 5.84. The van der Waals surface area contributed by atoms with Crippen molar-refractivity contribution in [1.29, 1.82) is 0 Å². The van der Waals surface area contributed by atoms with Gasteiger partial charge in [0.05, 0.1) is 30.2 Å². The van der Waals surface area contributed by atoms with Crippen LogP contribution in [0.1, 0.15) is 37.2 Å². The van der Waals surface area contributed by atoms with Crippen molar-refractivity contribution in [2.24, 2.45) is 7.05 Å². The predicted octanol–water partition coefficient (Wildman–Crippen LogP) is 4.56. The number of fused-ring (bicyclic) bond motifs is 2. The van der Waals surface area contributed by atoms with Crippen molar-refractivity contribution in [1.82, 2.24) is 24.8 Å². The Bertz CT molecular complexity index is 2060. The first-order chi connectivity index (χ1) is 24.9. The van der Waals surface area contributed by atoms with Crippen LogP contribution >= 0.6 is 0 Å². The average molecular weight is 696 g/mol. The standard InChI is InChI=1S/C39H48FN8O3/c1-4-46(5-2)34-12-8-30-23-31(39(49)51-38(30)25-34)9-11-33-10-7-29-24-35(40)37(26-36(29)43(33)3)47-17-15-45(16-18-47)27-32-28-48(42-41-32)14-6-13-44-19-21-50-22-20-44/h7-12,23-26,28H,4-6,13-22,27H2,1-3H3/q+1. The van der Waals surface area contributed by atoms with Crippen molar-refractivity contribution in [3.63, 3.8) is 0 Å². The van der Waals surface area contributed by atoms with Gasteiger partial charge in [-0.15, -0.1) is 5.10 Å². The Morgan fingerprint density at radius 2 is 1.69 bits per heavy atom. The van der Waals surface area contributed by atoms with Crippen molar-refractivity contribution in [3.05, 3.63) is 87.9 Å². The van der Waals surface area contributed by atoms with Crippen LogP contribution in [0.25, 0.3) is 34.0 Å².